The first kappa shape index (κ1) is 10.5. The summed E-state index contributed by atoms with van der Waals surface area (Å²) in [6.07, 6.45) is 2.71. The van der Waals surface area contributed by atoms with Crippen LogP contribution in [0.5, 0.6) is 0 Å². The summed E-state index contributed by atoms with van der Waals surface area (Å²) in [5, 5.41) is 3.54. The van der Waals surface area contributed by atoms with Gasteiger partial charge in [-0.25, -0.2) is 0 Å². The van der Waals surface area contributed by atoms with Crippen molar-refractivity contribution in [3.05, 3.63) is 29.3 Å². The monoisotopic (exact) mass is 204 g/mol. The van der Waals surface area contributed by atoms with E-state index in [4.69, 9.17) is 0 Å². The van der Waals surface area contributed by atoms with Crippen LogP contribution in [0.3, 0.4) is 0 Å². The Bertz CT molecular complexity index is 340. The lowest BCUT2D eigenvalue weighted by molar-refractivity contribution is 0.687. The minimum Gasteiger partial charge on any atom is -0.377 e. The predicted octanol–water partition coefficient (Wildman–Crippen LogP) is 2.31. The molecule has 0 heterocycles. The van der Waals surface area contributed by atoms with E-state index in [-0.39, 0.29) is 0 Å². The number of rotatable bonds is 4. The average Bonchev–Trinajstić information content (AvgIpc) is 2.97. The van der Waals surface area contributed by atoms with E-state index in [9.17, 15) is 0 Å². The van der Waals surface area contributed by atoms with Gasteiger partial charge in [0.25, 0.3) is 0 Å². The van der Waals surface area contributed by atoms with Gasteiger partial charge in [-0.3, -0.25) is 0 Å². The number of hydrogen-bond donors (Lipinski definition) is 1. The average molecular weight is 204 g/mol. The third-order valence-corrected chi connectivity index (χ3v) is 2.92. The summed E-state index contributed by atoms with van der Waals surface area (Å²) in [6, 6.07) is 7.50. The largest absolute Gasteiger partial charge is 0.377 e. The zero-order valence-corrected chi connectivity index (χ0v) is 9.88. The Labute approximate surface area is 92.3 Å². The van der Waals surface area contributed by atoms with Crippen LogP contribution in [-0.2, 0) is 6.54 Å². The maximum absolute atomic E-state index is 3.54. The number of benzene rings is 1. The highest BCUT2D eigenvalue weighted by molar-refractivity contribution is 5.53. The smallest absolute Gasteiger partial charge is 0.0390 e. The molecule has 1 fully saturated rings. The van der Waals surface area contributed by atoms with Crippen molar-refractivity contribution in [2.24, 2.45) is 0 Å². The molecule has 1 aliphatic rings. The molecule has 2 rings (SSSR count). The van der Waals surface area contributed by atoms with Crippen LogP contribution in [0.25, 0.3) is 0 Å². The molecule has 1 aliphatic carbocycles. The molecule has 0 aliphatic heterocycles. The fraction of sp³-hybridized carbons (Fsp3) is 0.538. The molecule has 1 aromatic carbocycles. The zero-order chi connectivity index (χ0) is 10.8. The maximum Gasteiger partial charge on any atom is 0.0390 e. The van der Waals surface area contributed by atoms with Gasteiger partial charge in [0.1, 0.15) is 0 Å². The molecule has 82 valence electrons. The Morgan fingerprint density at radius 3 is 2.60 bits per heavy atom. The summed E-state index contributed by atoms with van der Waals surface area (Å²) in [5.41, 5.74) is 4.06. The van der Waals surface area contributed by atoms with Crippen molar-refractivity contribution in [1.29, 1.82) is 0 Å². The van der Waals surface area contributed by atoms with E-state index in [0.717, 1.165) is 12.6 Å². The lowest BCUT2D eigenvalue weighted by atomic mass is 10.1. The summed E-state index contributed by atoms with van der Waals surface area (Å²) in [6.45, 7) is 3.19. The Hall–Kier alpha value is -1.02. The van der Waals surface area contributed by atoms with Crippen LogP contribution in [0.1, 0.15) is 24.0 Å². The molecule has 0 aromatic heterocycles. The number of anilines is 1. The van der Waals surface area contributed by atoms with Gasteiger partial charge < -0.3 is 10.2 Å². The molecule has 0 amide bonds. The number of nitrogens with zero attached hydrogens (tertiary/aromatic N) is 1. The van der Waals surface area contributed by atoms with E-state index < -0.39 is 0 Å². The van der Waals surface area contributed by atoms with Crippen molar-refractivity contribution < 1.29 is 0 Å². The van der Waals surface area contributed by atoms with Crippen LogP contribution >= 0.6 is 0 Å². The van der Waals surface area contributed by atoms with Gasteiger partial charge in [-0.15, -0.1) is 0 Å². The van der Waals surface area contributed by atoms with E-state index >= 15 is 0 Å². The minimum atomic E-state index is 0.791. The van der Waals surface area contributed by atoms with Gasteiger partial charge in [-0.2, -0.15) is 0 Å². The normalized spacial score (nSPS) is 15.4. The zero-order valence-electron chi connectivity index (χ0n) is 9.88. The second kappa shape index (κ2) is 4.23. The van der Waals surface area contributed by atoms with Crippen molar-refractivity contribution in [1.82, 2.24) is 5.32 Å². The van der Waals surface area contributed by atoms with E-state index in [1.54, 1.807) is 0 Å². The first-order chi connectivity index (χ1) is 7.16. The third kappa shape index (κ3) is 2.72. The summed E-state index contributed by atoms with van der Waals surface area (Å²) < 4.78 is 0. The Morgan fingerprint density at radius 2 is 2.07 bits per heavy atom. The molecule has 0 bridgehead atoms. The molecule has 0 unspecified atom stereocenters. The summed E-state index contributed by atoms with van der Waals surface area (Å²) >= 11 is 0. The van der Waals surface area contributed by atoms with Gasteiger partial charge in [0.05, 0.1) is 0 Å². The molecule has 2 heteroatoms. The fourth-order valence-corrected chi connectivity index (χ4v) is 1.88. The first-order valence-electron chi connectivity index (χ1n) is 5.67. The number of nitrogens with one attached hydrogen (secondary N) is 1. The highest BCUT2D eigenvalue weighted by atomic mass is 15.1. The molecule has 0 radical (unpaired) electrons. The minimum absolute atomic E-state index is 0.791. The van der Waals surface area contributed by atoms with Crippen molar-refractivity contribution >= 4 is 5.69 Å². The standard InChI is InChI=1S/C13H20N2/c1-10-8-11(9-14-12-5-6-12)4-7-13(10)15(2)3/h4,7-8,12,14H,5-6,9H2,1-3H3. The van der Waals surface area contributed by atoms with Crippen molar-refractivity contribution in [2.75, 3.05) is 19.0 Å². The van der Waals surface area contributed by atoms with Crippen molar-refractivity contribution in [3.8, 4) is 0 Å². The molecular formula is C13H20N2. The maximum atomic E-state index is 3.54. The summed E-state index contributed by atoms with van der Waals surface area (Å²) in [4.78, 5) is 2.16. The van der Waals surface area contributed by atoms with E-state index in [2.05, 4.69) is 49.4 Å². The van der Waals surface area contributed by atoms with Crippen LogP contribution in [0.2, 0.25) is 0 Å². The van der Waals surface area contributed by atoms with Crippen LogP contribution in [0.4, 0.5) is 5.69 Å². The molecule has 1 saturated carbocycles. The van der Waals surface area contributed by atoms with E-state index in [1.165, 1.54) is 29.7 Å². The molecule has 2 nitrogen and oxygen atoms in total. The SMILES string of the molecule is Cc1cc(CNC2CC2)ccc1N(C)C. The Balaban J connectivity index is 2.03. The molecule has 0 spiro atoms. The first-order valence-corrected chi connectivity index (χ1v) is 5.67. The van der Waals surface area contributed by atoms with Gasteiger partial charge in [0.2, 0.25) is 0 Å². The predicted molar refractivity (Wildman–Crippen MR) is 65.4 cm³/mol. The Kier molecular flexibility index (Phi) is 2.96. The van der Waals surface area contributed by atoms with E-state index in [0.29, 0.717) is 0 Å². The van der Waals surface area contributed by atoms with Gasteiger partial charge in [0.15, 0.2) is 0 Å². The lowest BCUT2D eigenvalue weighted by Crippen LogP contribution is -2.16. The van der Waals surface area contributed by atoms with Gasteiger partial charge in [0, 0.05) is 32.4 Å². The summed E-state index contributed by atoms with van der Waals surface area (Å²) in [5.74, 6) is 0. The van der Waals surface area contributed by atoms with Gasteiger partial charge in [-0.05, 0) is 37.0 Å². The van der Waals surface area contributed by atoms with Gasteiger partial charge in [-0.1, -0.05) is 12.1 Å². The van der Waals surface area contributed by atoms with Crippen molar-refractivity contribution in [3.63, 3.8) is 0 Å². The Morgan fingerprint density at radius 1 is 1.33 bits per heavy atom. The number of hydrogen-bond acceptors (Lipinski definition) is 2. The number of aryl methyl sites for hydroxylation is 1. The molecular weight excluding hydrogens is 184 g/mol. The van der Waals surface area contributed by atoms with E-state index in [1.807, 2.05) is 0 Å². The van der Waals surface area contributed by atoms with Crippen LogP contribution < -0.4 is 10.2 Å². The van der Waals surface area contributed by atoms with Crippen molar-refractivity contribution in [2.45, 2.75) is 32.4 Å². The van der Waals surface area contributed by atoms with Crippen LogP contribution in [-0.4, -0.2) is 20.1 Å². The quantitative estimate of drug-likeness (QED) is 0.809. The highest BCUT2D eigenvalue weighted by Crippen LogP contribution is 2.21. The highest BCUT2D eigenvalue weighted by Gasteiger charge is 2.19. The third-order valence-electron chi connectivity index (χ3n) is 2.92. The fourth-order valence-electron chi connectivity index (χ4n) is 1.88. The molecule has 0 saturated heterocycles. The second-order valence-corrected chi connectivity index (χ2v) is 4.67. The molecule has 0 atom stereocenters. The molecule has 1 aromatic rings. The lowest BCUT2D eigenvalue weighted by Gasteiger charge is -2.16. The van der Waals surface area contributed by atoms with Gasteiger partial charge >= 0.3 is 0 Å². The summed E-state index contributed by atoms with van der Waals surface area (Å²) in [7, 11) is 4.18. The molecule has 15 heavy (non-hydrogen) atoms. The topological polar surface area (TPSA) is 15.3 Å². The molecule has 1 N–H and O–H groups in total. The van der Waals surface area contributed by atoms with Crippen LogP contribution in [0.15, 0.2) is 18.2 Å². The second-order valence-electron chi connectivity index (χ2n) is 4.67. The van der Waals surface area contributed by atoms with Crippen LogP contribution in [0, 0.1) is 6.92 Å².